The Labute approximate surface area is 113 Å². The third kappa shape index (κ3) is 5.84. The molecule has 0 fully saturated rings. The van der Waals surface area contributed by atoms with E-state index in [2.05, 4.69) is 26.0 Å². The lowest BCUT2D eigenvalue weighted by Gasteiger charge is -2.10. The van der Waals surface area contributed by atoms with E-state index in [0.29, 0.717) is 5.56 Å². The van der Waals surface area contributed by atoms with Crippen LogP contribution in [0.15, 0.2) is 22.7 Å². The Morgan fingerprint density at radius 1 is 1.33 bits per heavy atom. The van der Waals surface area contributed by atoms with E-state index in [1.807, 2.05) is 19.1 Å². The molecular weight excluding hydrogens is 311 g/mol. The Morgan fingerprint density at radius 3 is 2.61 bits per heavy atom. The highest BCUT2D eigenvalue weighted by Crippen LogP contribution is 2.21. The van der Waals surface area contributed by atoms with Crippen molar-refractivity contribution in [1.82, 2.24) is 5.32 Å². The number of halogens is 4. The zero-order valence-corrected chi connectivity index (χ0v) is 11.6. The van der Waals surface area contributed by atoms with Crippen LogP contribution in [0.2, 0.25) is 0 Å². The first-order valence-corrected chi connectivity index (χ1v) is 6.34. The summed E-state index contributed by atoms with van der Waals surface area (Å²) in [5.41, 5.74) is 1.78. The van der Waals surface area contributed by atoms with Crippen LogP contribution in [0.1, 0.15) is 18.1 Å². The zero-order valence-electron chi connectivity index (χ0n) is 9.98. The van der Waals surface area contributed by atoms with Gasteiger partial charge in [0.1, 0.15) is 6.61 Å². The summed E-state index contributed by atoms with van der Waals surface area (Å²) in [6.45, 7) is 2.33. The number of alkyl halides is 3. The van der Waals surface area contributed by atoms with Crippen molar-refractivity contribution >= 4 is 15.9 Å². The van der Waals surface area contributed by atoms with Crippen molar-refractivity contribution in [3.63, 3.8) is 0 Å². The maximum absolute atomic E-state index is 11.9. The topological polar surface area (TPSA) is 21.3 Å². The van der Waals surface area contributed by atoms with Gasteiger partial charge in [0.05, 0.1) is 6.61 Å². The van der Waals surface area contributed by atoms with Crippen molar-refractivity contribution in [2.75, 3.05) is 13.2 Å². The highest BCUT2D eigenvalue weighted by molar-refractivity contribution is 9.10. The van der Waals surface area contributed by atoms with E-state index in [1.54, 1.807) is 6.07 Å². The molecule has 1 N–H and O–H groups in total. The second-order valence-corrected chi connectivity index (χ2v) is 4.67. The molecule has 1 aromatic carbocycles. The molecule has 18 heavy (non-hydrogen) atoms. The minimum atomic E-state index is -4.28. The summed E-state index contributed by atoms with van der Waals surface area (Å²) in [5.74, 6) is 0. The SMILES string of the molecule is CCNCc1ccc(COCC(F)(F)F)c(Br)c1. The molecule has 0 unspecified atom stereocenters. The van der Waals surface area contributed by atoms with E-state index in [-0.39, 0.29) is 6.61 Å². The van der Waals surface area contributed by atoms with Crippen LogP contribution >= 0.6 is 15.9 Å². The zero-order chi connectivity index (χ0) is 13.6. The summed E-state index contributed by atoms with van der Waals surface area (Å²) < 4.78 is 41.1. The first kappa shape index (κ1) is 15.5. The fraction of sp³-hybridized carbons (Fsp3) is 0.500. The van der Waals surface area contributed by atoms with Gasteiger partial charge in [-0.2, -0.15) is 13.2 Å². The number of benzene rings is 1. The maximum Gasteiger partial charge on any atom is 0.411 e. The monoisotopic (exact) mass is 325 g/mol. The molecule has 2 nitrogen and oxygen atoms in total. The standard InChI is InChI=1S/C12H15BrF3NO/c1-2-17-6-9-3-4-10(11(13)5-9)7-18-8-12(14,15)16/h3-5,17H,2,6-8H2,1H3. The molecule has 0 aliphatic rings. The van der Waals surface area contributed by atoms with Crippen molar-refractivity contribution in [2.45, 2.75) is 26.3 Å². The van der Waals surface area contributed by atoms with Crippen molar-refractivity contribution in [3.05, 3.63) is 33.8 Å². The largest absolute Gasteiger partial charge is 0.411 e. The highest BCUT2D eigenvalue weighted by Gasteiger charge is 2.27. The van der Waals surface area contributed by atoms with Crippen LogP contribution in [-0.2, 0) is 17.9 Å². The molecule has 0 bridgehead atoms. The third-order valence-corrected chi connectivity index (χ3v) is 2.96. The van der Waals surface area contributed by atoms with Crippen LogP contribution in [-0.4, -0.2) is 19.3 Å². The van der Waals surface area contributed by atoms with Crippen LogP contribution in [0.5, 0.6) is 0 Å². The van der Waals surface area contributed by atoms with Crippen LogP contribution in [0.4, 0.5) is 13.2 Å². The molecule has 0 saturated heterocycles. The van der Waals surface area contributed by atoms with Gasteiger partial charge in [-0.25, -0.2) is 0 Å². The van der Waals surface area contributed by atoms with E-state index in [4.69, 9.17) is 0 Å². The van der Waals surface area contributed by atoms with Crippen molar-refractivity contribution in [2.24, 2.45) is 0 Å². The Hall–Kier alpha value is -0.590. The third-order valence-electron chi connectivity index (χ3n) is 2.22. The lowest BCUT2D eigenvalue weighted by atomic mass is 10.1. The second kappa shape index (κ2) is 7.11. The molecule has 6 heteroatoms. The average Bonchev–Trinajstić information content (AvgIpc) is 2.27. The Morgan fingerprint density at radius 2 is 2.06 bits per heavy atom. The molecule has 102 valence electrons. The number of nitrogens with one attached hydrogen (secondary N) is 1. The fourth-order valence-electron chi connectivity index (χ4n) is 1.36. The molecule has 0 aliphatic carbocycles. The fourth-order valence-corrected chi connectivity index (χ4v) is 1.90. The van der Waals surface area contributed by atoms with Crippen molar-refractivity contribution in [1.29, 1.82) is 0 Å². The lowest BCUT2D eigenvalue weighted by molar-refractivity contribution is -0.176. The Bertz CT molecular complexity index is 382. The van der Waals surface area contributed by atoms with E-state index in [0.717, 1.165) is 23.1 Å². The van der Waals surface area contributed by atoms with Gasteiger partial charge in [-0.3, -0.25) is 0 Å². The molecule has 0 spiro atoms. The van der Waals surface area contributed by atoms with Gasteiger partial charge in [-0.15, -0.1) is 0 Å². The Kier molecular flexibility index (Phi) is 6.11. The van der Waals surface area contributed by atoms with Crippen LogP contribution in [0.25, 0.3) is 0 Å². The number of rotatable bonds is 6. The molecular formula is C12H15BrF3NO. The number of hydrogen-bond donors (Lipinski definition) is 1. The van der Waals surface area contributed by atoms with E-state index in [9.17, 15) is 13.2 Å². The van der Waals surface area contributed by atoms with Gasteiger partial charge in [-0.1, -0.05) is 35.0 Å². The first-order chi connectivity index (χ1) is 8.42. The number of ether oxygens (including phenoxy) is 1. The van der Waals surface area contributed by atoms with Gasteiger partial charge in [0.15, 0.2) is 0 Å². The Balaban J connectivity index is 2.52. The van der Waals surface area contributed by atoms with Gasteiger partial charge in [0, 0.05) is 11.0 Å². The van der Waals surface area contributed by atoms with Crippen LogP contribution < -0.4 is 5.32 Å². The lowest BCUT2D eigenvalue weighted by Crippen LogP contribution is -2.16. The van der Waals surface area contributed by atoms with Gasteiger partial charge in [-0.05, 0) is 23.7 Å². The van der Waals surface area contributed by atoms with Crippen molar-refractivity contribution in [3.8, 4) is 0 Å². The van der Waals surface area contributed by atoms with Crippen molar-refractivity contribution < 1.29 is 17.9 Å². The summed E-state index contributed by atoms with van der Waals surface area (Å²) in [6, 6.07) is 5.53. The number of hydrogen-bond acceptors (Lipinski definition) is 2. The molecule has 0 atom stereocenters. The molecule has 0 heterocycles. The summed E-state index contributed by atoms with van der Waals surface area (Å²) in [7, 11) is 0. The normalized spacial score (nSPS) is 11.8. The predicted molar refractivity (Wildman–Crippen MR) is 67.2 cm³/mol. The summed E-state index contributed by atoms with van der Waals surface area (Å²) >= 11 is 3.33. The van der Waals surface area contributed by atoms with Gasteiger partial charge in [0.2, 0.25) is 0 Å². The molecule has 0 saturated carbocycles. The quantitative estimate of drug-likeness (QED) is 0.862. The minimum absolute atomic E-state index is 0.0540. The summed E-state index contributed by atoms with van der Waals surface area (Å²) in [4.78, 5) is 0. The smallest absolute Gasteiger partial charge is 0.367 e. The average molecular weight is 326 g/mol. The van der Waals surface area contributed by atoms with Gasteiger partial charge in [0.25, 0.3) is 0 Å². The molecule has 0 aliphatic heterocycles. The van der Waals surface area contributed by atoms with Crippen LogP contribution in [0, 0.1) is 0 Å². The maximum atomic E-state index is 11.9. The second-order valence-electron chi connectivity index (χ2n) is 3.81. The van der Waals surface area contributed by atoms with Gasteiger partial charge >= 0.3 is 6.18 Å². The van der Waals surface area contributed by atoms with E-state index in [1.165, 1.54) is 0 Å². The summed E-state index contributed by atoms with van der Waals surface area (Å²) in [6.07, 6.45) is -4.28. The molecule has 1 rings (SSSR count). The first-order valence-electron chi connectivity index (χ1n) is 5.55. The molecule has 0 radical (unpaired) electrons. The van der Waals surface area contributed by atoms with E-state index >= 15 is 0 Å². The summed E-state index contributed by atoms with van der Waals surface area (Å²) in [5, 5.41) is 3.17. The molecule has 1 aromatic rings. The van der Waals surface area contributed by atoms with Gasteiger partial charge < -0.3 is 10.1 Å². The van der Waals surface area contributed by atoms with E-state index < -0.39 is 12.8 Å². The van der Waals surface area contributed by atoms with Crippen LogP contribution in [0.3, 0.4) is 0 Å². The molecule has 0 aromatic heterocycles. The highest BCUT2D eigenvalue weighted by atomic mass is 79.9. The molecule has 0 amide bonds. The predicted octanol–water partition coefficient (Wildman–Crippen LogP) is 3.64. The minimum Gasteiger partial charge on any atom is -0.367 e.